The van der Waals surface area contributed by atoms with Crippen LogP contribution in [-0.2, 0) is 18.4 Å². The van der Waals surface area contributed by atoms with Crippen molar-refractivity contribution in [3.8, 4) is 16.5 Å². The summed E-state index contributed by atoms with van der Waals surface area (Å²) in [5, 5.41) is 14.0. The number of carbonyl (C=O) groups is 1. The summed E-state index contributed by atoms with van der Waals surface area (Å²) in [6.45, 7) is 0.468. The van der Waals surface area contributed by atoms with Gasteiger partial charge in [0, 0.05) is 13.6 Å². The second-order valence-corrected chi connectivity index (χ2v) is 7.15. The molecule has 0 aliphatic heterocycles. The number of thiophene rings is 1. The van der Waals surface area contributed by atoms with Gasteiger partial charge in [0.2, 0.25) is 5.91 Å². The quantitative estimate of drug-likeness (QED) is 0.644. The van der Waals surface area contributed by atoms with E-state index in [0.29, 0.717) is 12.3 Å². The summed E-state index contributed by atoms with van der Waals surface area (Å²) in [6.07, 6.45) is 0. The topological polar surface area (TPSA) is 69.0 Å². The van der Waals surface area contributed by atoms with E-state index < -0.39 is 0 Å². The number of carbonyl (C=O) groups excluding carboxylic acids is 1. The Balaban J connectivity index is 1.52. The number of ether oxygens (including phenoxy) is 1. The summed E-state index contributed by atoms with van der Waals surface area (Å²) < 4.78 is 7.09. The first-order valence-corrected chi connectivity index (χ1v) is 9.49. The molecule has 130 valence electrons. The standard InChI is InChI=1S/C17H18N4O2S2/c1-21-16(14-7-4-8-24-14)19-20-17(21)25-11-15(22)18-10-12-5-3-6-13(9-12)23-2/h3-9H,10-11H2,1-2H3,(H,18,22). The second-order valence-electron chi connectivity index (χ2n) is 5.26. The summed E-state index contributed by atoms with van der Waals surface area (Å²) in [7, 11) is 3.53. The highest BCUT2D eigenvalue weighted by Gasteiger charge is 2.13. The van der Waals surface area contributed by atoms with E-state index in [2.05, 4.69) is 15.5 Å². The first-order valence-electron chi connectivity index (χ1n) is 7.63. The highest BCUT2D eigenvalue weighted by Crippen LogP contribution is 2.25. The number of amides is 1. The second kappa shape index (κ2) is 8.17. The molecule has 1 aromatic carbocycles. The van der Waals surface area contributed by atoms with E-state index in [1.165, 1.54) is 11.8 Å². The molecule has 0 unspecified atom stereocenters. The molecule has 0 fully saturated rings. The molecule has 2 heterocycles. The molecule has 0 bridgehead atoms. The molecule has 2 aromatic heterocycles. The summed E-state index contributed by atoms with van der Waals surface area (Å²) in [4.78, 5) is 13.1. The molecule has 3 rings (SSSR count). The fourth-order valence-electron chi connectivity index (χ4n) is 2.23. The van der Waals surface area contributed by atoms with Crippen LogP contribution in [0, 0.1) is 0 Å². The minimum absolute atomic E-state index is 0.0477. The molecule has 0 saturated heterocycles. The smallest absolute Gasteiger partial charge is 0.230 e. The van der Waals surface area contributed by atoms with Gasteiger partial charge < -0.3 is 14.6 Å². The van der Waals surface area contributed by atoms with Gasteiger partial charge in [0.1, 0.15) is 5.75 Å². The maximum absolute atomic E-state index is 12.1. The van der Waals surface area contributed by atoms with E-state index in [1.54, 1.807) is 18.4 Å². The lowest BCUT2D eigenvalue weighted by Crippen LogP contribution is -2.24. The van der Waals surface area contributed by atoms with Crippen molar-refractivity contribution in [3.05, 3.63) is 47.3 Å². The minimum atomic E-state index is -0.0477. The lowest BCUT2D eigenvalue weighted by atomic mass is 10.2. The van der Waals surface area contributed by atoms with Crippen molar-refractivity contribution in [1.82, 2.24) is 20.1 Å². The van der Waals surface area contributed by atoms with Crippen LogP contribution in [0.2, 0.25) is 0 Å². The zero-order chi connectivity index (χ0) is 17.6. The summed E-state index contributed by atoms with van der Waals surface area (Å²) in [6, 6.07) is 11.6. The Labute approximate surface area is 154 Å². The summed E-state index contributed by atoms with van der Waals surface area (Å²) in [5.74, 6) is 1.84. The van der Waals surface area contributed by atoms with Gasteiger partial charge in [-0.25, -0.2) is 0 Å². The SMILES string of the molecule is COc1cccc(CNC(=O)CSc2nnc(-c3cccs3)n2C)c1. The van der Waals surface area contributed by atoms with Crippen LogP contribution in [0.15, 0.2) is 46.9 Å². The normalized spacial score (nSPS) is 10.6. The van der Waals surface area contributed by atoms with Crippen molar-refractivity contribution in [2.45, 2.75) is 11.7 Å². The summed E-state index contributed by atoms with van der Waals surface area (Å²) >= 11 is 2.99. The van der Waals surface area contributed by atoms with Crippen molar-refractivity contribution in [3.63, 3.8) is 0 Å². The van der Waals surface area contributed by atoms with Gasteiger partial charge in [-0.1, -0.05) is 30.0 Å². The first-order chi connectivity index (χ1) is 12.2. The Morgan fingerprint density at radius 2 is 2.20 bits per heavy atom. The van der Waals surface area contributed by atoms with Crippen LogP contribution in [-0.4, -0.2) is 33.5 Å². The molecule has 1 N–H and O–H groups in total. The Hall–Kier alpha value is -2.32. The number of nitrogens with one attached hydrogen (secondary N) is 1. The number of benzene rings is 1. The van der Waals surface area contributed by atoms with Crippen LogP contribution < -0.4 is 10.1 Å². The maximum atomic E-state index is 12.1. The molecule has 0 saturated carbocycles. The third-order valence-electron chi connectivity index (χ3n) is 3.53. The number of nitrogens with zero attached hydrogens (tertiary/aromatic N) is 3. The Morgan fingerprint density at radius 3 is 2.96 bits per heavy atom. The average molecular weight is 374 g/mol. The minimum Gasteiger partial charge on any atom is -0.497 e. The van der Waals surface area contributed by atoms with Gasteiger partial charge in [-0.05, 0) is 29.1 Å². The van der Waals surface area contributed by atoms with Crippen LogP contribution in [0.3, 0.4) is 0 Å². The fraction of sp³-hybridized carbons (Fsp3) is 0.235. The Morgan fingerprint density at radius 1 is 1.32 bits per heavy atom. The number of hydrogen-bond donors (Lipinski definition) is 1. The molecule has 8 heteroatoms. The molecule has 0 aliphatic rings. The van der Waals surface area contributed by atoms with Crippen LogP contribution in [0.4, 0.5) is 0 Å². The Bertz CT molecular complexity index is 846. The molecule has 0 aliphatic carbocycles. The van der Waals surface area contributed by atoms with Crippen molar-refractivity contribution >= 4 is 29.0 Å². The zero-order valence-electron chi connectivity index (χ0n) is 13.9. The monoisotopic (exact) mass is 374 g/mol. The molecular weight excluding hydrogens is 356 g/mol. The zero-order valence-corrected chi connectivity index (χ0v) is 15.6. The molecular formula is C17H18N4O2S2. The third kappa shape index (κ3) is 4.40. The van der Waals surface area contributed by atoms with Gasteiger partial charge in [-0.3, -0.25) is 4.79 Å². The van der Waals surface area contributed by atoms with Crippen LogP contribution in [0.5, 0.6) is 5.75 Å². The molecule has 0 radical (unpaired) electrons. The van der Waals surface area contributed by atoms with Gasteiger partial charge in [-0.2, -0.15) is 0 Å². The average Bonchev–Trinajstić information content (AvgIpc) is 3.28. The molecule has 1 amide bonds. The van der Waals surface area contributed by atoms with Gasteiger partial charge in [0.15, 0.2) is 11.0 Å². The van der Waals surface area contributed by atoms with E-state index in [-0.39, 0.29) is 5.91 Å². The summed E-state index contributed by atoms with van der Waals surface area (Å²) in [5.41, 5.74) is 0.997. The number of thioether (sulfide) groups is 1. The van der Waals surface area contributed by atoms with Crippen molar-refractivity contribution < 1.29 is 9.53 Å². The van der Waals surface area contributed by atoms with Gasteiger partial charge >= 0.3 is 0 Å². The van der Waals surface area contributed by atoms with Crippen LogP contribution in [0.1, 0.15) is 5.56 Å². The molecule has 0 atom stereocenters. The molecule has 6 nitrogen and oxygen atoms in total. The van der Waals surface area contributed by atoms with Gasteiger partial charge in [0.05, 0.1) is 17.7 Å². The van der Waals surface area contributed by atoms with E-state index in [1.807, 2.05) is 53.4 Å². The van der Waals surface area contributed by atoms with Crippen molar-refractivity contribution in [1.29, 1.82) is 0 Å². The van der Waals surface area contributed by atoms with Gasteiger partial charge in [0.25, 0.3) is 0 Å². The van der Waals surface area contributed by atoms with E-state index in [9.17, 15) is 4.79 Å². The Kier molecular flexibility index (Phi) is 5.72. The number of methoxy groups -OCH3 is 1. The maximum Gasteiger partial charge on any atom is 0.230 e. The van der Waals surface area contributed by atoms with Crippen LogP contribution in [0.25, 0.3) is 10.7 Å². The first kappa shape index (κ1) is 17.5. The van der Waals surface area contributed by atoms with E-state index in [4.69, 9.17) is 4.74 Å². The predicted octanol–water partition coefficient (Wildman–Crippen LogP) is 2.96. The van der Waals surface area contributed by atoms with Gasteiger partial charge in [-0.15, -0.1) is 21.5 Å². The predicted molar refractivity (Wildman–Crippen MR) is 99.9 cm³/mol. The van der Waals surface area contributed by atoms with E-state index in [0.717, 1.165) is 27.2 Å². The lowest BCUT2D eigenvalue weighted by Gasteiger charge is -2.07. The largest absolute Gasteiger partial charge is 0.497 e. The van der Waals surface area contributed by atoms with E-state index >= 15 is 0 Å². The number of aromatic nitrogens is 3. The van der Waals surface area contributed by atoms with Crippen LogP contribution >= 0.6 is 23.1 Å². The highest BCUT2D eigenvalue weighted by atomic mass is 32.2. The molecule has 3 aromatic rings. The highest BCUT2D eigenvalue weighted by molar-refractivity contribution is 7.99. The number of rotatable bonds is 7. The third-order valence-corrected chi connectivity index (χ3v) is 5.42. The lowest BCUT2D eigenvalue weighted by molar-refractivity contribution is -0.118. The fourth-order valence-corrected chi connectivity index (χ4v) is 3.71. The van der Waals surface area contributed by atoms with Crippen molar-refractivity contribution in [2.24, 2.45) is 7.05 Å². The molecule has 0 spiro atoms. The van der Waals surface area contributed by atoms with Crippen molar-refractivity contribution in [2.75, 3.05) is 12.9 Å². The number of hydrogen-bond acceptors (Lipinski definition) is 6. The molecule has 25 heavy (non-hydrogen) atoms.